The predicted molar refractivity (Wildman–Crippen MR) is 71.3 cm³/mol. The van der Waals surface area contributed by atoms with E-state index in [1.807, 2.05) is 55.5 Å². The van der Waals surface area contributed by atoms with Gasteiger partial charge in [-0.15, -0.1) is 0 Å². The molecule has 3 nitrogen and oxygen atoms in total. The van der Waals surface area contributed by atoms with Crippen LogP contribution >= 0.6 is 0 Å². The number of imidazole rings is 1. The van der Waals surface area contributed by atoms with Crippen molar-refractivity contribution in [1.82, 2.24) is 9.97 Å². The topological polar surface area (TPSA) is 48.9 Å². The van der Waals surface area contributed by atoms with E-state index in [4.69, 9.17) is 0 Å². The van der Waals surface area contributed by atoms with Gasteiger partial charge in [0.15, 0.2) is 0 Å². The highest BCUT2D eigenvalue weighted by Crippen LogP contribution is 2.22. The van der Waals surface area contributed by atoms with Crippen LogP contribution in [0, 0.1) is 6.92 Å². The Morgan fingerprint density at radius 3 is 2.67 bits per heavy atom. The van der Waals surface area contributed by atoms with Crippen LogP contribution in [0.2, 0.25) is 0 Å². The standard InChI is InChI=1S/C15H14N2O/c1-10-7-8-12-13(9-10)17-15(16-12)14(18)11-5-3-2-4-6-11/h2-9,14,18H,1H3,(H,16,17). The van der Waals surface area contributed by atoms with Crippen molar-refractivity contribution in [3.8, 4) is 0 Å². The first-order valence-electron chi connectivity index (χ1n) is 5.93. The molecule has 3 heteroatoms. The summed E-state index contributed by atoms with van der Waals surface area (Å²) < 4.78 is 0. The number of fused-ring (bicyclic) bond motifs is 1. The molecule has 2 aromatic carbocycles. The minimum Gasteiger partial charge on any atom is -0.380 e. The van der Waals surface area contributed by atoms with Crippen LogP contribution in [0.25, 0.3) is 11.0 Å². The first kappa shape index (κ1) is 11.0. The van der Waals surface area contributed by atoms with Gasteiger partial charge in [0.25, 0.3) is 0 Å². The number of aromatic amines is 1. The fraction of sp³-hybridized carbons (Fsp3) is 0.133. The highest BCUT2D eigenvalue weighted by Gasteiger charge is 2.14. The highest BCUT2D eigenvalue weighted by molar-refractivity contribution is 5.76. The Kier molecular flexibility index (Phi) is 2.61. The second kappa shape index (κ2) is 4.27. The van der Waals surface area contributed by atoms with Crippen molar-refractivity contribution in [3.63, 3.8) is 0 Å². The zero-order valence-electron chi connectivity index (χ0n) is 10.1. The van der Waals surface area contributed by atoms with Gasteiger partial charge in [-0.2, -0.15) is 0 Å². The van der Waals surface area contributed by atoms with Crippen LogP contribution in [0.1, 0.15) is 23.1 Å². The number of aryl methyl sites for hydroxylation is 1. The second-order valence-electron chi connectivity index (χ2n) is 4.46. The molecule has 0 saturated carbocycles. The maximum atomic E-state index is 10.3. The molecule has 1 heterocycles. The summed E-state index contributed by atoms with van der Waals surface area (Å²) in [5.74, 6) is 0.585. The SMILES string of the molecule is Cc1ccc2nc(C(O)c3ccccc3)[nH]c2c1. The zero-order valence-corrected chi connectivity index (χ0v) is 10.1. The first-order chi connectivity index (χ1) is 8.74. The average molecular weight is 238 g/mol. The summed E-state index contributed by atoms with van der Waals surface area (Å²) in [5.41, 5.74) is 3.85. The quantitative estimate of drug-likeness (QED) is 0.721. The normalized spacial score (nSPS) is 12.8. The molecule has 2 N–H and O–H groups in total. The number of aliphatic hydroxyl groups is 1. The lowest BCUT2D eigenvalue weighted by atomic mass is 10.1. The van der Waals surface area contributed by atoms with Crippen molar-refractivity contribution in [2.24, 2.45) is 0 Å². The number of nitrogens with one attached hydrogen (secondary N) is 1. The fourth-order valence-corrected chi connectivity index (χ4v) is 2.07. The summed E-state index contributed by atoms with van der Waals surface area (Å²) in [4.78, 5) is 7.60. The number of nitrogens with zero attached hydrogens (tertiary/aromatic N) is 1. The van der Waals surface area contributed by atoms with Crippen LogP contribution < -0.4 is 0 Å². The number of aromatic nitrogens is 2. The van der Waals surface area contributed by atoms with Crippen LogP contribution in [0.15, 0.2) is 48.5 Å². The lowest BCUT2D eigenvalue weighted by molar-refractivity contribution is 0.211. The molecule has 0 bridgehead atoms. The minimum atomic E-state index is -0.709. The fourth-order valence-electron chi connectivity index (χ4n) is 2.07. The maximum Gasteiger partial charge on any atom is 0.140 e. The van der Waals surface area contributed by atoms with E-state index >= 15 is 0 Å². The number of hydrogen-bond acceptors (Lipinski definition) is 2. The van der Waals surface area contributed by atoms with Gasteiger partial charge in [0.1, 0.15) is 11.9 Å². The van der Waals surface area contributed by atoms with E-state index in [9.17, 15) is 5.11 Å². The highest BCUT2D eigenvalue weighted by atomic mass is 16.3. The molecule has 0 radical (unpaired) electrons. The van der Waals surface area contributed by atoms with Crippen molar-refractivity contribution in [2.75, 3.05) is 0 Å². The summed E-state index contributed by atoms with van der Waals surface area (Å²) in [6, 6.07) is 15.5. The van der Waals surface area contributed by atoms with Crippen molar-refractivity contribution < 1.29 is 5.11 Å². The van der Waals surface area contributed by atoms with Gasteiger partial charge >= 0.3 is 0 Å². The third-order valence-corrected chi connectivity index (χ3v) is 3.03. The second-order valence-corrected chi connectivity index (χ2v) is 4.46. The van der Waals surface area contributed by atoms with Gasteiger partial charge in [-0.1, -0.05) is 36.4 Å². The Morgan fingerprint density at radius 2 is 1.89 bits per heavy atom. The van der Waals surface area contributed by atoms with E-state index in [1.54, 1.807) is 0 Å². The molecule has 1 unspecified atom stereocenters. The van der Waals surface area contributed by atoms with Gasteiger partial charge in [-0.25, -0.2) is 4.98 Å². The van der Waals surface area contributed by atoms with Gasteiger partial charge in [0, 0.05) is 0 Å². The Labute approximate surface area is 105 Å². The molecule has 0 saturated heterocycles. The maximum absolute atomic E-state index is 10.3. The van der Waals surface area contributed by atoms with E-state index in [2.05, 4.69) is 9.97 Å². The molecule has 3 aromatic rings. The molecular formula is C15H14N2O. The molecular weight excluding hydrogens is 224 g/mol. The third-order valence-electron chi connectivity index (χ3n) is 3.03. The van der Waals surface area contributed by atoms with Crippen molar-refractivity contribution in [3.05, 3.63) is 65.5 Å². The molecule has 0 amide bonds. The van der Waals surface area contributed by atoms with E-state index in [0.29, 0.717) is 5.82 Å². The smallest absolute Gasteiger partial charge is 0.140 e. The number of H-pyrrole nitrogens is 1. The summed E-state index contributed by atoms with van der Waals surface area (Å²) >= 11 is 0. The van der Waals surface area contributed by atoms with Gasteiger partial charge < -0.3 is 10.1 Å². The van der Waals surface area contributed by atoms with Crippen LogP contribution in [0.4, 0.5) is 0 Å². The van der Waals surface area contributed by atoms with Crippen molar-refractivity contribution >= 4 is 11.0 Å². The summed E-state index contributed by atoms with van der Waals surface area (Å²) in [6.45, 7) is 2.04. The lowest BCUT2D eigenvalue weighted by Gasteiger charge is -2.06. The van der Waals surface area contributed by atoms with E-state index in [1.165, 1.54) is 5.56 Å². The van der Waals surface area contributed by atoms with E-state index in [0.717, 1.165) is 16.6 Å². The van der Waals surface area contributed by atoms with Crippen LogP contribution in [-0.4, -0.2) is 15.1 Å². The molecule has 0 spiro atoms. The van der Waals surface area contributed by atoms with Gasteiger partial charge in [0.2, 0.25) is 0 Å². The Morgan fingerprint density at radius 1 is 1.11 bits per heavy atom. The van der Waals surface area contributed by atoms with Crippen LogP contribution in [0.5, 0.6) is 0 Å². The number of aliphatic hydroxyl groups excluding tert-OH is 1. The predicted octanol–water partition coefficient (Wildman–Crippen LogP) is 2.95. The van der Waals surface area contributed by atoms with Gasteiger partial charge in [0.05, 0.1) is 11.0 Å². The molecule has 1 atom stereocenters. The average Bonchev–Trinajstić information content (AvgIpc) is 2.81. The number of hydrogen-bond donors (Lipinski definition) is 2. The van der Waals surface area contributed by atoms with Crippen LogP contribution in [-0.2, 0) is 0 Å². The van der Waals surface area contributed by atoms with Crippen molar-refractivity contribution in [1.29, 1.82) is 0 Å². The summed E-state index contributed by atoms with van der Waals surface area (Å²) in [6.07, 6.45) is -0.709. The molecule has 90 valence electrons. The zero-order chi connectivity index (χ0) is 12.5. The molecule has 1 aromatic heterocycles. The van der Waals surface area contributed by atoms with Gasteiger partial charge in [-0.05, 0) is 30.2 Å². The largest absolute Gasteiger partial charge is 0.380 e. The summed E-state index contributed by atoms with van der Waals surface area (Å²) in [5, 5.41) is 10.3. The molecule has 18 heavy (non-hydrogen) atoms. The number of benzene rings is 2. The molecule has 0 aliphatic heterocycles. The molecule has 3 rings (SSSR count). The lowest BCUT2D eigenvalue weighted by Crippen LogP contribution is -2.01. The Balaban J connectivity index is 2.04. The Hall–Kier alpha value is -2.13. The molecule has 0 aliphatic rings. The number of rotatable bonds is 2. The Bertz CT molecular complexity index is 673. The van der Waals surface area contributed by atoms with Gasteiger partial charge in [-0.3, -0.25) is 0 Å². The van der Waals surface area contributed by atoms with Crippen molar-refractivity contribution in [2.45, 2.75) is 13.0 Å². The molecule has 0 aliphatic carbocycles. The monoisotopic (exact) mass is 238 g/mol. The summed E-state index contributed by atoms with van der Waals surface area (Å²) in [7, 11) is 0. The third kappa shape index (κ3) is 1.89. The van der Waals surface area contributed by atoms with E-state index in [-0.39, 0.29) is 0 Å². The minimum absolute atomic E-state index is 0.585. The molecule has 0 fully saturated rings. The van der Waals surface area contributed by atoms with Crippen LogP contribution in [0.3, 0.4) is 0 Å². The van der Waals surface area contributed by atoms with E-state index < -0.39 is 6.10 Å². The first-order valence-corrected chi connectivity index (χ1v) is 5.93.